The van der Waals surface area contributed by atoms with Crippen LogP contribution in [0.4, 0.5) is 14.9 Å². The summed E-state index contributed by atoms with van der Waals surface area (Å²) in [6.45, 7) is 1.28. The summed E-state index contributed by atoms with van der Waals surface area (Å²) in [6.07, 6.45) is 0.274. The normalized spacial score (nSPS) is 10.6. The number of nitrogens with zero attached hydrogens (tertiary/aromatic N) is 1. The highest BCUT2D eigenvalue weighted by atomic mass is 127. The Labute approximate surface area is 175 Å². The lowest BCUT2D eigenvalue weighted by Gasteiger charge is -2.12. The van der Waals surface area contributed by atoms with Crippen LogP contribution in [0.5, 0.6) is 0 Å². The van der Waals surface area contributed by atoms with E-state index in [0.717, 1.165) is 17.5 Å². The van der Waals surface area contributed by atoms with Gasteiger partial charge in [0.2, 0.25) is 0 Å². The maximum absolute atomic E-state index is 12.9. The number of anilines is 1. The minimum Gasteiger partial charge on any atom is -0.453 e. The van der Waals surface area contributed by atoms with Gasteiger partial charge in [-0.15, -0.1) is 24.0 Å². The van der Waals surface area contributed by atoms with Gasteiger partial charge in [-0.2, -0.15) is 0 Å². The smallest absolute Gasteiger partial charge is 0.411 e. The number of hydrogen-bond donors (Lipinski definition) is 3. The van der Waals surface area contributed by atoms with Crippen molar-refractivity contribution in [2.24, 2.45) is 4.99 Å². The second-order valence-corrected chi connectivity index (χ2v) is 5.54. The van der Waals surface area contributed by atoms with Crippen LogP contribution < -0.4 is 16.0 Å². The van der Waals surface area contributed by atoms with E-state index in [-0.39, 0.29) is 29.8 Å². The molecule has 0 saturated carbocycles. The molecule has 0 fully saturated rings. The number of methoxy groups -OCH3 is 1. The van der Waals surface area contributed by atoms with Crippen molar-refractivity contribution in [1.82, 2.24) is 10.6 Å². The standard InChI is InChI=1S/C19H23FN4O2.HI/c1-21-18(22-12-11-14-3-7-16(20)8-4-14)23-13-15-5-9-17(10-6-15)24-19(25)26-2;/h3-10H,11-13H2,1-2H3,(H,24,25)(H2,21,22,23);1H. The molecule has 2 aromatic carbocycles. The Morgan fingerprint density at radius 1 is 1.04 bits per heavy atom. The van der Waals surface area contributed by atoms with E-state index < -0.39 is 6.09 Å². The average Bonchev–Trinajstić information content (AvgIpc) is 2.67. The third-order valence-corrected chi connectivity index (χ3v) is 3.69. The first-order valence-electron chi connectivity index (χ1n) is 8.23. The van der Waals surface area contributed by atoms with Gasteiger partial charge in [-0.3, -0.25) is 10.3 Å². The number of carbonyl (C=O) groups excluding carboxylic acids is 1. The van der Waals surface area contributed by atoms with Crippen molar-refractivity contribution < 1.29 is 13.9 Å². The molecule has 0 spiro atoms. The van der Waals surface area contributed by atoms with Gasteiger partial charge in [0.15, 0.2) is 5.96 Å². The van der Waals surface area contributed by atoms with Crippen LogP contribution in [0.2, 0.25) is 0 Å². The van der Waals surface area contributed by atoms with Crippen molar-refractivity contribution in [3.05, 3.63) is 65.5 Å². The maximum Gasteiger partial charge on any atom is 0.411 e. The molecule has 1 amide bonds. The molecule has 2 aromatic rings. The van der Waals surface area contributed by atoms with Crippen molar-refractivity contribution in [1.29, 1.82) is 0 Å². The monoisotopic (exact) mass is 486 g/mol. The molecule has 0 aliphatic rings. The molecule has 146 valence electrons. The Morgan fingerprint density at radius 2 is 1.67 bits per heavy atom. The van der Waals surface area contributed by atoms with Crippen LogP contribution in [0.15, 0.2) is 53.5 Å². The lowest BCUT2D eigenvalue weighted by molar-refractivity contribution is 0.187. The van der Waals surface area contributed by atoms with Gasteiger partial charge in [0.1, 0.15) is 5.82 Å². The Balaban J connectivity index is 0.00000364. The quantitative estimate of drug-likeness (QED) is 0.332. The van der Waals surface area contributed by atoms with Gasteiger partial charge in [0.25, 0.3) is 0 Å². The van der Waals surface area contributed by atoms with Crippen molar-refractivity contribution >= 4 is 41.7 Å². The second-order valence-electron chi connectivity index (χ2n) is 5.54. The number of carbonyl (C=O) groups is 1. The van der Waals surface area contributed by atoms with Crippen LogP contribution in [0.1, 0.15) is 11.1 Å². The number of guanidine groups is 1. The van der Waals surface area contributed by atoms with Gasteiger partial charge in [-0.05, 0) is 41.8 Å². The fourth-order valence-corrected chi connectivity index (χ4v) is 2.26. The highest BCUT2D eigenvalue weighted by molar-refractivity contribution is 14.0. The first kappa shape index (κ1) is 22.7. The van der Waals surface area contributed by atoms with E-state index in [1.165, 1.54) is 19.2 Å². The van der Waals surface area contributed by atoms with Gasteiger partial charge < -0.3 is 15.4 Å². The van der Waals surface area contributed by atoms with Gasteiger partial charge in [-0.1, -0.05) is 24.3 Å². The molecule has 0 aliphatic heterocycles. The van der Waals surface area contributed by atoms with Crippen LogP contribution in [-0.4, -0.2) is 32.8 Å². The van der Waals surface area contributed by atoms with Gasteiger partial charge in [-0.25, -0.2) is 9.18 Å². The van der Waals surface area contributed by atoms with Crippen molar-refractivity contribution in [2.45, 2.75) is 13.0 Å². The van der Waals surface area contributed by atoms with Crippen LogP contribution in [0.3, 0.4) is 0 Å². The third-order valence-electron chi connectivity index (χ3n) is 3.69. The molecule has 0 unspecified atom stereocenters. The second kappa shape index (κ2) is 12.1. The van der Waals surface area contributed by atoms with Crippen LogP contribution in [0, 0.1) is 5.82 Å². The zero-order chi connectivity index (χ0) is 18.8. The highest BCUT2D eigenvalue weighted by Crippen LogP contribution is 2.09. The van der Waals surface area contributed by atoms with Gasteiger partial charge in [0, 0.05) is 25.8 Å². The molecule has 2 rings (SSSR count). The topological polar surface area (TPSA) is 74.8 Å². The Hall–Kier alpha value is -2.36. The number of ether oxygens (including phenoxy) is 1. The minimum absolute atomic E-state index is 0. The van der Waals surface area contributed by atoms with Crippen LogP contribution >= 0.6 is 24.0 Å². The number of benzene rings is 2. The van der Waals surface area contributed by atoms with Crippen molar-refractivity contribution in [3.63, 3.8) is 0 Å². The molecule has 3 N–H and O–H groups in total. The van der Waals surface area contributed by atoms with Crippen molar-refractivity contribution in [3.8, 4) is 0 Å². The fourth-order valence-electron chi connectivity index (χ4n) is 2.26. The fraction of sp³-hybridized carbons (Fsp3) is 0.263. The lowest BCUT2D eigenvalue weighted by atomic mass is 10.1. The molecule has 6 nitrogen and oxygen atoms in total. The predicted octanol–water partition coefficient (Wildman–Crippen LogP) is 3.53. The maximum atomic E-state index is 12.9. The molecule has 0 saturated heterocycles. The van der Waals surface area contributed by atoms with Gasteiger partial charge >= 0.3 is 6.09 Å². The highest BCUT2D eigenvalue weighted by Gasteiger charge is 2.02. The average molecular weight is 486 g/mol. The summed E-state index contributed by atoms with van der Waals surface area (Å²) in [7, 11) is 3.03. The number of hydrogen-bond acceptors (Lipinski definition) is 3. The summed E-state index contributed by atoms with van der Waals surface area (Å²) in [5, 5.41) is 9.04. The first-order chi connectivity index (χ1) is 12.6. The number of nitrogens with one attached hydrogen (secondary N) is 3. The predicted molar refractivity (Wildman–Crippen MR) is 116 cm³/mol. The lowest BCUT2D eigenvalue weighted by Crippen LogP contribution is -2.37. The number of halogens is 2. The molecule has 0 bridgehead atoms. The molecule has 0 atom stereocenters. The summed E-state index contributed by atoms with van der Waals surface area (Å²) in [4.78, 5) is 15.3. The number of aliphatic imine (C=N–C) groups is 1. The summed E-state index contributed by atoms with van der Waals surface area (Å²) in [5.74, 6) is 0.455. The zero-order valence-corrected chi connectivity index (χ0v) is 17.6. The summed E-state index contributed by atoms with van der Waals surface area (Å²) < 4.78 is 17.4. The molecular formula is C19H24FIN4O2. The summed E-state index contributed by atoms with van der Waals surface area (Å²) >= 11 is 0. The Bertz CT molecular complexity index is 736. The largest absolute Gasteiger partial charge is 0.453 e. The van der Waals surface area contributed by atoms with E-state index in [0.29, 0.717) is 24.7 Å². The third kappa shape index (κ3) is 8.25. The first-order valence-corrected chi connectivity index (χ1v) is 8.23. The molecule has 27 heavy (non-hydrogen) atoms. The zero-order valence-electron chi connectivity index (χ0n) is 15.3. The minimum atomic E-state index is -0.498. The molecule has 8 heteroatoms. The Morgan fingerprint density at radius 3 is 2.26 bits per heavy atom. The summed E-state index contributed by atoms with van der Waals surface area (Å²) in [5.41, 5.74) is 2.77. The van der Waals surface area contributed by atoms with Crippen LogP contribution in [-0.2, 0) is 17.7 Å². The van der Waals surface area contributed by atoms with E-state index in [2.05, 4.69) is 25.7 Å². The summed E-state index contributed by atoms with van der Waals surface area (Å²) in [6, 6.07) is 13.9. The van der Waals surface area contributed by atoms with Crippen molar-refractivity contribution in [2.75, 3.05) is 26.0 Å². The van der Waals surface area contributed by atoms with E-state index in [4.69, 9.17) is 0 Å². The molecule has 0 heterocycles. The molecular weight excluding hydrogens is 462 g/mol. The van der Waals surface area contributed by atoms with E-state index in [9.17, 15) is 9.18 Å². The number of rotatable bonds is 6. The SMILES string of the molecule is CN=C(NCCc1ccc(F)cc1)NCc1ccc(NC(=O)OC)cc1.I. The molecule has 0 aliphatic carbocycles. The Kier molecular flexibility index (Phi) is 10.2. The molecule has 0 radical (unpaired) electrons. The van der Waals surface area contributed by atoms with E-state index in [1.807, 2.05) is 12.1 Å². The van der Waals surface area contributed by atoms with E-state index >= 15 is 0 Å². The van der Waals surface area contributed by atoms with Crippen LogP contribution in [0.25, 0.3) is 0 Å². The van der Waals surface area contributed by atoms with Gasteiger partial charge in [0.05, 0.1) is 7.11 Å². The number of amides is 1. The van der Waals surface area contributed by atoms with E-state index in [1.54, 1.807) is 31.3 Å². The molecule has 0 aromatic heterocycles.